The fourth-order valence-corrected chi connectivity index (χ4v) is 3.98. The second-order valence-electron chi connectivity index (χ2n) is 6.36. The fourth-order valence-electron chi connectivity index (χ4n) is 3.98. The quantitative estimate of drug-likeness (QED) is 0.924. The molecule has 2 aliphatic rings. The molecule has 4 heteroatoms. The van der Waals surface area contributed by atoms with Crippen molar-refractivity contribution in [1.29, 1.82) is 0 Å². The largest absolute Gasteiger partial charge is 0.377 e. The van der Waals surface area contributed by atoms with E-state index >= 15 is 0 Å². The zero-order chi connectivity index (χ0) is 15.0. The highest BCUT2D eigenvalue weighted by molar-refractivity contribution is 5.36. The van der Waals surface area contributed by atoms with Gasteiger partial charge in [-0.05, 0) is 23.5 Å². The van der Waals surface area contributed by atoms with Crippen LogP contribution in [0.25, 0.3) is 0 Å². The van der Waals surface area contributed by atoms with Crippen LogP contribution in [0.15, 0.2) is 24.3 Å². The maximum atomic E-state index is 6.58. The molecular weight excluding hydrogens is 264 g/mol. The Morgan fingerprint density at radius 2 is 1.62 bits per heavy atom. The Bertz CT molecular complexity index is 481. The van der Waals surface area contributed by atoms with Gasteiger partial charge in [0.05, 0.1) is 12.2 Å². The number of hydrogen-bond acceptors (Lipinski definition) is 4. The molecule has 1 saturated heterocycles. The molecule has 0 bridgehead atoms. The number of rotatable bonds is 3. The van der Waals surface area contributed by atoms with Gasteiger partial charge in [0.25, 0.3) is 0 Å². The predicted octanol–water partition coefficient (Wildman–Crippen LogP) is 1.91. The number of likely N-dealkylation sites (tertiary alicyclic amines) is 1. The molecule has 0 amide bonds. The van der Waals surface area contributed by atoms with E-state index in [-0.39, 0.29) is 18.2 Å². The molecule has 5 atom stereocenters. The van der Waals surface area contributed by atoms with Crippen LogP contribution in [0.3, 0.4) is 0 Å². The molecule has 3 rings (SSSR count). The second-order valence-corrected chi connectivity index (χ2v) is 6.36. The lowest BCUT2D eigenvalue weighted by Crippen LogP contribution is -2.45. The molecule has 1 fully saturated rings. The maximum Gasteiger partial charge on any atom is 0.0971 e. The first-order valence-corrected chi connectivity index (χ1v) is 7.79. The van der Waals surface area contributed by atoms with Crippen LogP contribution < -0.4 is 5.73 Å². The summed E-state index contributed by atoms with van der Waals surface area (Å²) in [4.78, 5) is 2.46. The minimum absolute atomic E-state index is 0.0745. The summed E-state index contributed by atoms with van der Waals surface area (Å²) >= 11 is 0. The molecule has 1 aromatic rings. The van der Waals surface area contributed by atoms with Gasteiger partial charge >= 0.3 is 0 Å². The van der Waals surface area contributed by atoms with Crippen LogP contribution in [0.2, 0.25) is 0 Å². The van der Waals surface area contributed by atoms with E-state index in [0.717, 1.165) is 19.5 Å². The molecule has 2 N–H and O–H groups in total. The summed E-state index contributed by atoms with van der Waals surface area (Å²) in [7, 11) is 3.53. The molecule has 5 unspecified atom stereocenters. The average molecular weight is 290 g/mol. The molecule has 1 heterocycles. The number of ether oxygens (including phenoxy) is 2. The van der Waals surface area contributed by atoms with Crippen molar-refractivity contribution in [2.24, 2.45) is 5.73 Å². The van der Waals surface area contributed by atoms with E-state index in [2.05, 4.69) is 36.1 Å². The van der Waals surface area contributed by atoms with Gasteiger partial charge in [-0.3, -0.25) is 4.90 Å². The molecule has 4 nitrogen and oxygen atoms in total. The summed E-state index contributed by atoms with van der Waals surface area (Å²) in [5, 5.41) is 0. The van der Waals surface area contributed by atoms with E-state index in [9.17, 15) is 0 Å². The number of benzene rings is 1. The smallest absolute Gasteiger partial charge is 0.0971 e. The third-order valence-corrected chi connectivity index (χ3v) is 5.21. The maximum absolute atomic E-state index is 6.58. The van der Waals surface area contributed by atoms with Crippen LogP contribution in [-0.4, -0.2) is 50.5 Å². The summed E-state index contributed by atoms with van der Waals surface area (Å²) in [5.74, 6) is 0.550. The normalized spacial score (nSPS) is 36.7. The summed E-state index contributed by atoms with van der Waals surface area (Å²) in [6.07, 6.45) is 1.40. The van der Waals surface area contributed by atoms with Crippen molar-refractivity contribution in [1.82, 2.24) is 4.90 Å². The lowest BCUT2D eigenvalue weighted by Gasteiger charge is -2.40. The van der Waals surface area contributed by atoms with Crippen molar-refractivity contribution in [2.45, 2.75) is 43.6 Å². The van der Waals surface area contributed by atoms with Crippen molar-refractivity contribution < 1.29 is 9.47 Å². The van der Waals surface area contributed by atoms with Gasteiger partial charge in [0.1, 0.15) is 0 Å². The van der Waals surface area contributed by atoms with Crippen molar-refractivity contribution in [3.05, 3.63) is 35.4 Å². The summed E-state index contributed by atoms with van der Waals surface area (Å²) < 4.78 is 11.1. The first kappa shape index (κ1) is 15.0. The van der Waals surface area contributed by atoms with E-state index < -0.39 is 0 Å². The summed E-state index contributed by atoms with van der Waals surface area (Å²) in [6, 6.07) is 9.04. The zero-order valence-electron chi connectivity index (χ0n) is 13.2. The number of nitrogens with zero attached hydrogens (tertiary/aromatic N) is 1. The van der Waals surface area contributed by atoms with Crippen LogP contribution in [0, 0.1) is 0 Å². The van der Waals surface area contributed by atoms with Crippen LogP contribution >= 0.6 is 0 Å². The molecule has 0 radical (unpaired) electrons. The number of nitrogens with two attached hydrogens (primary N) is 1. The minimum Gasteiger partial charge on any atom is -0.377 e. The Morgan fingerprint density at radius 3 is 2.19 bits per heavy atom. The molecule has 116 valence electrons. The van der Waals surface area contributed by atoms with Crippen molar-refractivity contribution in [3.63, 3.8) is 0 Å². The van der Waals surface area contributed by atoms with Crippen LogP contribution in [0.4, 0.5) is 0 Å². The topological polar surface area (TPSA) is 47.7 Å². The van der Waals surface area contributed by atoms with Gasteiger partial charge in [0.2, 0.25) is 0 Å². The van der Waals surface area contributed by atoms with Crippen LogP contribution in [-0.2, 0) is 9.47 Å². The second kappa shape index (κ2) is 6.05. The lowest BCUT2D eigenvalue weighted by molar-refractivity contribution is -0.00461. The number of methoxy groups -OCH3 is 2. The first-order valence-electron chi connectivity index (χ1n) is 7.79. The van der Waals surface area contributed by atoms with Gasteiger partial charge in [-0.25, -0.2) is 0 Å². The van der Waals surface area contributed by atoms with Crippen LogP contribution in [0.5, 0.6) is 0 Å². The van der Waals surface area contributed by atoms with E-state index in [1.807, 2.05) is 0 Å². The number of fused-ring (bicyclic) bond motifs is 1. The molecule has 0 saturated carbocycles. The zero-order valence-corrected chi connectivity index (χ0v) is 13.2. The van der Waals surface area contributed by atoms with E-state index in [4.69, 9.17) is 15.2 Å². The van der Waals surface area contributed by atoms with Gasteiger partial charge in [-0.15, -0.1) is 0 Å². The fraction of sp³-hybridized carbons (Fsp3) is 0.647. The van der Waals surface area contributed by atoms with Gasteiger partial charge < -0.3 is 15.2 Å². The van der Waals surface area contributed by atoms with Crippen molar-refractivity contribution in [2.75, 3.05) is 27.3 Å². The lowest BCUT2D eigenvalue weighted by atomic mass is 9.78. The Labute approximate surface area is 127 Å². The van der Waals surface area contributed by atoms with Gasteiger partial charge in [0, 0.05) is 39.4 Å². The number of hydrogen-bond donors (Lipinski definition) is 1. The molecule has 1 aliphatic heterocycles. The van der Waals surface area contributed by atoms with Gasteiger partial charge in [-0.1, -0.05) is 31.2 Å². The Hall–Kier alpha value is -0.940. The third-order valence-electron chi connectivity index (χ3n) is 5.21. The van der Waals surface area contributed by atoms with E-state index in [1.54, 1.807) is 14.2 Å². The summed E-state index contributed by atoms with van der Waals surface area (Å²) in [6.45, 7) is 4.11. The Morgan fingerprint density at radius 1 is 1.05 bits per heavy atom. The molecular formula is C17H26N2O2. The molecule has 1 aromatic carbocycles. The summed E-state index contributed by atoms with van der Waals surface area (Å²) in [5.41, 5.74) is 9.29. The minimum atomic E-state index is 0.0745. The Kier molecular flexibility index (Phi) is 4.31. The van der Waals surface area contributed by atoms with Gasteiger partial charge in [-0.2, -0.15) is 0 Å². The predicted molar refractivity (Wildman–Crippen MR) is 83.4 cm³/mol. The standard InChI is InChI=1S/C17H26N2O2/c1-11-8-14(17(18)13-7-5-4-6-12(11)13)19-9-15(20-2)16(10-19)21-3/h4-7,11,14-17H,8-10,18H2,1-3H3. The van der Waals surface area contributed by atoms with Crippen molar-refractivity contribution >= 4 is 0 Å². The highest BCUT2D eigenvalue weighted by atomic mass is 16.5. The molecule has 0 aromatic heterocycles. The Balaban J connectivity index is 1.82. The van der Waals surface area contributed by atoms with Gasteiger partial charge in [0.15, 0.2) is 0 Å². The molecule has 1 aliphatic carbocycles. The van der Waals surface area contributed by atoms with E-state index in [1.165, 1.54) is 11.1 Å². The highest BCUT2D eigenvalue weighted by Crippen LogP contribution is 2.39. The SMILES string of the molecule is COC1CN(C2CC(C)c3ccccc3C2N)CC1OC. The van der Waals surface area contributed by atoms with Crippen molar-refractivity contribution in [3.8, 4) is 0 Å². The first-order chi connectivity index (χ1) is 10.2. The third kappa shape index (κ3) is 2.61. The van der Waals surface area contributed by atoms with Crippen LogP contribution in [0.1, 0.15) is 36.4 Å². The average Bonchev–Trinajstić information content (AvgIpc) is 2.94. The monoisotopic (exact) mass is 290 g/mol. The molecule has 0 spiro atoms. The molecule has 21 heavy (non-hydrogen) atoms. The highest BCUT2D eigenvalue weighted by Gasteiger charge is 2.41. The van der Waals surface area contributed by atoms with E-state index in [0.29, 0.717) is 12.0 Å².